The Morgan fingerprint density at radius 1 is 0.957 bits per heavy atom. The van der Waals surface area contributed by atoms with Gasteiger partial charge in [-0.15, -0.1) is 0 Å². The van der Waals surface area contributed by atoms with Crippen LogP contribution in [0, 0.1) is 0 Å². The molecule has 0 saturated heterocycles. The lowest BCUT2D eigenvalue weighted by atomic mass is 9.98. The Balaban J connectivity index is 1.83. The van der Waals surface area contributed by atoms with Gasteiger partial charge < -0.3 is 10.1 Å². The van der Waals surface area contributed by atoms with Crippen LogP contribution in [-0.4, -0.2) is 18.0 Å². The molecule has 0 fully saturated rings. The van der Waals surface area contributed by atoms with Gasteiger partial charge in [0, 0.05) is 5.69 Å². The lowest BCUT2D eigenvalue weighted by Crippen LogP contribution is -2.30. The highest BCUT2D eigenvalue weighted by atomic mass is 16.5. The van der Waals surface area contributed by atoms with Gasteiger partial charge in [0.2, 0.25) is 0 Å². The molecule has 2 rings (SSSR count). The molecule has 0 aliphatic heterocycles. The molecule has 0 bridgehead atoms. The maximum absolute atomic E-state index is 12.0. The highest BCUT2D eigenvalue weighted by Crippen LogP contribution is 2.19. The summed E-state index contributed by atoms with van der Waals surface area (Å²) in [5.41, 5.74) is 1.75. The Kier molecular flexibility index (Phi) is 5.92. The van der Waals surface area contributed by atoms with Gasteiger partial charge in [-0.05, 0) is 30.5 Å². The Labute approximate surface area is 136 Å². The van der Waals surface area contributed by atoms with E-state index in [1.165, 1.54) is 0 Å². The van der Waals surface area contributed by atoms with Gasteiger partial charge in [-0.3, -0.25) is 9.59 Å². The molecule has 0 spiro atoms. The zero-order valence-electron chi connectivity index (χ0n) is 13.4. The number of rotatable bonds is 6. The maximum Gasteiger partial charge on any atom is 0.307 e. The van der Waals surface area contributed by atoms with E-state index < -0.39 is 6.10 Å². The molecule has 120 valence electrons. The van der Waals surface area contributed by atoms with E-state index in [0.29, 0.717) is 5.69 Å². The Morgan fingerprint density at radius 3 is 2.13 bits per heavy atom. The number of esters is 1. The van der Waals surface area contributed by atoms with Crippen molar-refractivity contribution >= 4 is 17.6 Å². The van der Waals surface area contributed by atoms with Crippen LogP contribution in [0.25, 0.3) is 0 Å². The first kappa shape index (κ1) is 16.7. The minimum Gasteiger partial charge on any atom is -0.453 e. The van der Waals surface area contributed by atoms with Crippen LogP contribution in [-0.2, 0) is 14.3 Å². The molecule has 1 amide bonds. The van der Waals surface area contributed by atoms with Crippen molar-refractivity contribution < 1.29 is 14.3 Å². The molecule has 4 nitrogen and oxygen atoms in total. The van der Waals surface area contributed by atoms with Crippen molar-refractivity contribution in [2.45, 2.75) is 32.3 Å². The lowest BCUT2D eigenvalue weighted by molar-refractivity contribution is -0.153. The van der Waals surface area contributed by atoms with E-state index in [9.17, 15) is 9.59 Å². The number of hydrogen-bond donors (Lipinski definition) is 1. The molecule has 0 unspecified atom stereocenters. The van der Waals surface area contributed by atoms with E-state index in [1.807, 2.05) is 55.5 Å². The number of benzene rings is 2. The predicted octanol–water partition coefficient (Wildman–Crippen LogP) is 3.75. The van der Waals surface area contributed by atoms with Crippen LogP contribution in [0.4, 0.5) is 5.69 Å². The van der Waals surface area contributed by atoms with Gasteiger partial charge >= 0.3 is 5.97 Å². The van der Waals surface area contributed by atoms with Crippen LogP contribution >= 0.6 is 0 Å². The number of amides is 1. The molecule has 4 heteroatoms. The number of nitrogens with one attached hydrogen (secondary N) is 1. The average Bonchev–Trinajstić information content (AvgIpc) is 2.56. The number of carbonyl (C=O) groups excluding carboxylic acids is 2. The second-order valence-corrected chi connectivity index (χ2v) is 5.50. The maximum atomic E-state index is 12.0. The van der Waals surface area contributed by atoms with Crippen molar-refractivity contribution in [3.05, 3.63) is 66.2 Å². The van der Waals surface area contributed by atoms with Gasteiger partial charge in [0.15, 0.2) is 6.10 Å². The zero-order valence-corrected chi connectivity index (χ0v) is 13.4. The zero-order chi connectivity index (χ0) is 16.7. The fourth-order valence-corrected chi connectivity index (χ4v) is 2.21. The van der Waals surface area contributed by atoms with Crippen LogP contribution in [0.5, 0.6) is 0 Å². The van der Waals surface area contributed by atoms with Gasteiger partial charge in [-0.25, -0.2) is 0 Å². The summed E-state index contributed by atoms with van der Waals surface area (Å²) in [5.74, 6) is -0.665. The average molecular weight is 311 g/mol. The fourth-order valence-electron chi connectivity index (χ4n) is 2.21. The Hall–Kier alpha value is -2.62. The molecule has 0 radical (unpaired) electrons. The molecule has 0 saturated carbocycles. The molecule has 1 N–H and O–H groups in total. The van der Waals surface area contributed by atoms with Crippen LogP contribution in [0.2, 0.25) is 0 Å². The molecule has 2 atom stereocenters. The highest BCUT2D eigenvalue weighted by molar-refractivity contribution is 5.95. The first-order valence-corrected chi connectivity index (χ1v) is 7.66. The Bertz CT molecular complexity index is 640. The molecule has 2 aromatic rings. The molecule has 0 aliphatic carbocycles. The van der Waals surface area contributed by atoms with Crippen LogP contribution < -0.4 is 5.32 Å². The monoisotopic (exact) mass is 311 g/mol. The predicted molar refractivity (Wildman–Crippen MR) is 90.1 cm³/mol. The quantitative estimate of drug-likeness (QED) is 0.827. The van der Waals surface area contributed by atoms with Gasteiger partial charge in [0.1, 0.15) is 0 Å². The first-order valence-electron chi connectivity index (χ1n) is 7.66. The highest BCUT2D eigenvalue weighted by Gasteiger charge is 2.19. The van der Waals surface area contributed by atoms with Crippen LogP contribution in [0.1, 0.15) is 31.7 Å². The van der Waals surface area contributed by atoms with Gasteiger partial charge in [-0.2, -0.15) is 0 Å². The minimum atomic E-state index is -0.828. The van der Waals surface area contributed by atoms with Crippen molar-refractivity contribution in [3.63, 3.8) is 0 Å². The molecule has 23 heavy (non-hydrogen) atoms. The van der Waals surface area contributed by atoms with E-state index in [1.54, 1.807) is 19.1 Å². The SMILES string of the molecule is C[C@H](CC(=O)O[C@H](C)C(=O)Nc1ccccc1)c1ccccc1. The number of carbonyl (C=O) groups is 2. The lowest BCUT2D eigenvalue weighted by Gasteiger charge is -2.16. The summed E-state index contributed by atoms with van der Waals surface area (Å²) < 4.78 is 5.23. The summed E-state index contributed by atoms with van der Waals surface area (Å²) in [6.45, 7) is 3.54. The van der Waals surface area contributed by atoms with Crippen molar-refractivity contribution in [1.82, 2.24) is 0 Å². The van der Waals surface area contributed by atoms with Crippen molar-refractivity contribution in [1.29, 1.82) is 0 Å². The minimum absolute atomic E-state index is 0.0492. The van der Waals surface area contributed by atoms with E-state index in [0.717, 1.165) is 5.56 Å². The smallest absolute Gasteiger partial charge is 0.307 e. The third-order valence-electron chi connectivity index (χ3n) is 3.56. The molecular formula is C19H21NO3. The number of hydrogen-bond acceptors (Lipinski definition) is 3. The third kappa shape index (κ3) is 5.25. The number of ether oxygens (including phenoxy) is 1. The number of anilines is 1. The Morgan fingerprint density at radius 2 is 1.52 bits per heavy atom. The topological polar surface area (TPSA) is 55.4 Å². The molecule has 0 aromatic heterocycles. The molecule has 0 heterocycles. The van der Waals surface area contributed by atoms with Crippen molar-refractivity contribution in [2.75, 3.05) is 5.32 Å². The molecule has 0 aliphatic rings. The van der Waals surface area contributed by atoms with E-state index in [4.69, 9.17) is 4.74 Å². The standard InChI is InChI=1S/C19H21NO3/c1-14(16-9-5-3-6-10-16)13-18(21)23-15(2)19(22)20-17-11-7-4-8-12-17/h3-12,14-15H,13H2,1-2H3,(H,20,22)/t14-,15-/m1/s1. The second-order valence-electron chi connectivity index (χ2n) is 5.50. The van der Waals surface area contributed by atoms with Gasteiger partial charge in [0.25, 0.3) is 5.91 Å². The van der Waals surface area contributed by atoms with Gasteiger partial charge in [0.05, 0.1) is 6.42 Å². The van der Waals surface area contributed by atoms with Gasteiger partial charge in [-0.1, -0.05) is 55.5 Å². The van der Waals surface area contributed by atoms with Crippen molar-refractivity contribution in [2.24, 2.45) is 0 Å². The largest absolute Gasteiger partial charge is 0.453 e. The second kappa shape index (κ2) is 8.13. The van der Waals surface area contributed by atoms with Crippen LogP contribution in [0.3, 0.4) is 0 Å². The van der Waals surface area contributed by atoms with E-state index >= 15 is 0 Å². The molecular weight excluding hydrogens is 290 g/mol. The first-order chi connectivity index (χ1) is 11.1. The summed E-state index contributed by atoms with van der Waals surface area (Å²) in [5, 5.41) is 2.72. The summed E-state index contributed by atoms with van der Waals surface area (Å²) >= 11 is 0. The molecule has 2 aromatic carbocycles. The summed E-state index contributed by atoms with van der Waals surface area (Å²) in [4.78, 5) is 24.0. The fraction of sp³-hybridized carbons (Fsp3) is 0.263. The van der Waals surface area contributed by atoms with Crippen LogP contribution in [0.15, 0.2) is 60.7 Å². The van der Waals surface area contributed by atoms with E-state index in [2.05, 4.69) is 5.32 Å². The van der Waals surface area contributed by atoms with Crippen molar-refractivity contribution in [3.8, 4) is 0 Å². The normalized spacial score (nSPS) is 13.0. The summed E-state index contributed by atoms with van der Waals surface area (Å²) in [6.07, 6.45) is -0.585. The summed E-state index contributed by atoms with van der Waals surface area (Å²) in [7, 11) is 0. The number of para-hydroxylation sites is 1. The third-order valence-corrected chi connectivity index (χ3v) is 3.56. The summed E-state index contributed by atoms with van der Waals surface area (Å²) in [6, 6.07) is 18.8. The van der Waals surface area contributed by atoms with E-state index in [-0.39, 0.29) is 24.2 Å².